The molecular formula is C14H28ClN3O2. The van der Waals surface area contributed by atoms with E-state index in [1.807, 2.05) is 20.8 Å². The molecule has 2 amide bonds. The number of nitrogens with one attached hydrogen (secondary N) is 2. The quantitative estimate of drug-likeness (QED) is 0.733. The van der Waals surface area contributed by atoms with Crippen LogP contribution in [0.4, 0.5) is 0 Å². The SMILES string of the molecule is CC(NC(=O)C1(CN)CCCC1)C(=O)NC(C)(C)C.Cl. The first-order valence-corrected chi connectivity index (χ1v) is 7.03. The normalized spacial score (nSPS) is 18.9. The number of rotatable bonds is 4. The van der Waals surface area contributed by atoms with Crippen molar-refractivity contribution in [2.75, 3.05) is 6.54 Å². The molecule has 6 heteroatoms. The number of halogens is 1. The third-order valence-electron chi connectivity index (χ3n) is 3.67. The van der Waals surface area contributed by atoms with Crippen molar-refractivity contribution in [2.45, 2.75) is 65.0 Å². The summed E-state index contributed by atoms with van der Waals surface area (Å²) in [5.41, 5.74) is 5.00. The Morgan fingerprint density at radius 3 is 2.15 bits per heavy atom. The van der Waals surface area contributed by atoms with E-state index in [2.05, 4.69) is 10.6 Å². The number of nitrogens with two attached hydrogens (primary N) is 1. The van der Waals surface area contributed by atoms with Crippen molar-refractivity contribution in [3.05, 3.63) is 0 Å². The standard InChI is InChI=1S/C14H27N3O2.ClH/c1-10(11(18)17-13(2,3)4)16-12(19)14(9-15)7-5-6-8-14;/h10H,5-9,15H2,1-4H3,(H,16,19)(H,17,18);1H. The lowest BCUT2D eigenvalue weighted by Gasteiger charge is -2.29. The molecule has 1 fully saturated rings. The Labute approximate surface area is 127 Å². The lowest BCUT2D eigenvalue weighted by Crippen LogP contribution is -2.54. The van der Waals surface area contributed by atoms with Crippen molar-refractivity contribution in [2.24, 2.45) is 11.1 Å². The summed E-state index contributed by atoms with van der Waals surface area (Å²) in [4.78, 5) is 24.3. The molecule has 1 unspecified atom stereocenters. The summed E-state index contributed by atoms with van der Waals surface area (Å²) in [5, 5.41) is 5.67. The molecule has 0 heterocycles. The van der Waals surface area contributed by atoms with Crippen LogP contribution in [0.3, 0.4) is 0 Å². The summed E-state index contributed by atoms with van der Waals surface area (Å²) in [7, 11) is 0. The minimum absolute atomic E-state index is 0. The second-order valence-corrected chi connectivity index (χ2v) is 6.63. The molecule has 4 N–H and O–H groups in total. The summed E-state index contributed by atoms with van der Waals surface area (Å²) in [6, 6.07) is -0.532. The highest BCUT2D eigenvalue weighted by Gasteiger charge is 2.40. The zero-order valence-electron chi connectivity index (χ0n) is 12.9. The largest absolute Gasteiger partial charge is 0.350 e. The van der Waals surface area contributed by atoms with Crippen molar-refractivity contribution in [1.29, 1.82) is 0 Å². The summed E-state index contributed by atoms with van der Waals surface area (Å²) >= 11 is 0. The molecule has 0 saturated heterocycles. The maximum absolute atomic E-state index is 12.3. The van der Waals surface area contributed by atoms with Gasteiger partial charge in [-0.25, -0.2) is 0 Å². The van der Waals surface area contributed by atoms with E-state index in [4.69, 9.17) is 5.73 Å². The Hall–Kier alpha value is -0.810. The summed E-state index contributed by atoms with van der Waals surface area (Å²) in [6.07, 6.45) is 3.71. The second-order valence-electron chi connectivity index (χ2n) is 6.63. The van der Waals surface area contributed by atoms with Crippen molar-refractivity contribution in [3.8, 4) is 0 Å². The van der Waals surface area contributed by atoms with E-state index in [1.54, 1.807) is 6.92 Å². The average molecular weight is 306 g/mol. The van der Waals surface area contributed by atoms with Crippen LogP contribution in [0.15, 0.2) is 0 Å². The van der Waals surface area contributed by atoms with Crippen LogP contribution >= 0.6 is 12.4 Å². The van der Waals surface area contributed by atoms with Gasteiger partial charge in [0.05, 0.1) is 5.41 Å². The minimum atomic E-state index is -0.532. The fourth-order valence-electron chi connectivity index (χ4n) is 2.47. The first-order chi connectivity index (χ1) is 8.70. The Kier molecular flexibility index (Phi) is 6.98. The number of carbonyl (C=O) groups excluding carboxylic acids is 2. The van der Waals surface area contributed by atoms with Crippen molar-refractivity contribution >= 4 is 24.2 Å². The summed E-state index contributed by atoms with van der Waals surface area (Å²) in [6.45, 7) is 7.80. The molecule has 0 spiro atoms. The Bertz CT molecular complexity index is 347. The predicted octanol–water partition coefficient (Wildman–Crippen LogP) is 1.35. The Morgan fingerprint density at radius 1 is 1.25 bits per heavy atom. The third-order valence-corrected chi connectivity index (χ3v) is 3.67. The van der Waals surface area contributed by atoms with Crippen molar-refractivity contribution in [1.82, 2.24) is 10.6 Å². The maximum atomic E-state index is 12.3. The molecule has 20 heavy (non-hydrogen) atoms. The van der Waals surface area contributed by atoms with Crippen LogP contribution < -0.4 is 16.4 Å². The van der Waals surface area contributed by atoms with Gasteiger partial charge in [-0.1, -0.05) is 12.8 Å². The molecule has 1 aliphatic carbocycles. The molecule has 1 atom stereocenters. The number of hydrogen-bond donors (Lipinski definition) is 3. The first-order valence-electron chi connectivity index (χ1n) is 7.03. The zero-order chi connectivity index (χ0) is 14.7. The van der Waals surface area contributed by atoms with Gasteiger partial charge in [0.2, 0.25) is 11.8 Å². The van der Waals surface area contributed by atoms with Gasteiger partial charge in [-0.2, -0.15) is 0 Å². The van der Waals surface area contributed by atoms with Crippen LogP contribution in [0.25, 0.3) is 0 Å². The predicted molar refractivity (Wildman–Crippen MR) is 82.7 cm³/mol. The molecule has 118 valence electrons. The van der Waals surface area contributed by atoms with E-state index in [1.165, 1.54) is 0 Å². The highest BCUT2D eigenvalue weighted by molar-refractivity contribution is 5.90. The number of carbonyl (C=O) groups is 2. The van der Waals surface area contributed by atoms with Crippen LogP contribution in [0.1, 0.15) is 53.4 Å². The van der Waals surface area contributed by atoms with Crippen LogP contribution in [0, 0.1) is 5.41 Å². The summed E-state index contributed by atoms with van der Waals surface area (Å²) < 4.78 is 0. The van der Waals surface area contributed by atoms with Gasteiger partial charge in [0.15, 0.2) is 0 Å². The van der Waals surface area contributed by atoms with E-state index in [-0.39, 0.29) is 29.8 Å². The minimum Gasteiger partial charge on any atom is -0.350 e. The van der Waals surface area contributed by atoms with Gasteiger partial charge in [0.25, 0.3) is 0 Å². The van der Waals surface area contributed by atoms with Gasteiger partial charge in [-0.3, -0.25) is 9.59 Å². The lowest BCUT2D eigenvalue weighted by molar-refractivity contribution is -0.135. The molecule has 0 aromatic heterocycles. The van der Waals surface area contributed by atoms with Gasteiger partial charge in [0.1, 0.15) is 6.04 Å². The lowest BCUT2D eigenvalue weighted by atomic mass is 9.85. The topological polar surface area (TPSA) is 84.2 Å². The van der Waals surface area contributed by atoms with E-state index in [9.17, 15) is 9.59 Å². The molecule has 0 aliphatic heterocycles. The van der Waals surface area contributed by atoms with E-state index >= 15 is 0 Å². The molecule has 1 saturated carbocycles. The molecule has 0 aromatic rings. The molecule has 0 bridgehead atoms. The van der Waals surface area contributed by atoms with Crippen LogP contribution in [-0.4, -0.2) is 29.9 Å². The fraction of sp³-hybridized carbons (Fsp3) is 0.857. The van der Waals surface area contributed by atoms with E-state index < -0.39 is 11.5 Å². The highest BCUT2D eigenvalue weighted by Crippen LogP contribution is 2.37. The van der Waals surface area contributed by atoms with Crippen molar-refractivity contribution in [3.63, 3.8) is 0 Å². The molecular weight excluding hydrogens is 278 g/mol. The second kappa shape index (κ2) is 7.27. The zero-order valence-corrected chi connectivity index (χ0v) is 13.7. The van der Waals surface area contributed by atoms with Crippen LogP contribution in [0.2, 0.25) is 0 Å². The molecule has 5 nitrogen and oxygen atoms in total. The van der Waals surface area contributed by atoms with Crippen molar-refractivity contribution < 1.29 is 9.59 Å². The Balaban J connectivity index is 0.00000361. The monoisotopic (exact) mass is 305 g/mol. The average Bonchev–Trinajstić information content (AvgIpc) is 2.76. The van der Waals surface area contributed by atoms with Gasteiger partial charge in [-0.15, -0.1) is 12.4 Å². The van der Waals surface area contributed by atoms with E-state index in [0.29, 0.717) is 6.54 Å². The highest BCUT2D eigenvalue weighted by atomic mass is 35.5. The van der Waals surface area contributed by atoms with Crippen LogP contribution in [-0.2, 0) is 9.59 Å². The van der Waals surface area contributed by atoms with Gasteiger partial charge in [0, 0.05) is 12.1 Å². The van der Waals surface area contributed by atoms with Gasteiger partial charge >= 0.3 is 0 Å². The third kappa shape index (κ3) is 4.94. The first kappa shape index (κ1) is 19.2. The number of amides is 2. The Morgan fingerprint density at radius 2 is 1.75 bits per heavy atom. The molecule has 0 radical (unpaired) electrons. The maximum Gasteiger partial charge on any atom is 0.242 e. The summed E-state index contributed by atoms with van der Waals surface area (Å²) in [5.74, 6) is -0.241. The fourth-order valence-corrected chi connectivity index (χ4v) is 2.47. The molecule has 0 aromatic carbocycles. The van der Waals surface area contributed by atoms with Gasteiger partial charge < -0.3 is 16.4 Å². The molecule has 1 aliphatic rings. The smallest absolute Gasteiger partial charge is 0.242 e. The number of hydrogen-bond acceptors (Lipinski definition) is 3. The van der Waals surface area contributed by atoms with Crippen LogP contribution in [0.5, 0.6) is 0 Å². The van der Waals surface area contributed by atoms with E-state index in [0.717, 1.165) is 25.7 Å². The van der Waals surface area contributed by atoms with Gasteiger partial charge in [-0.05, 0) is 40.5 Å². The molecule has 1 rings (SSSR count).